The Kier molecular flexibility index (Phi) is 6.27. The number of fused-ring (bicyclic) bond motifs is 1. The summed E-state index contributed by atoms with van der Waals surface area (Å²) in [4.78, 5) is 26.5. The Morgan fingerprint density at radius 3 is 2.50 bits per heavy atom. The zero-order chi connectivity index (χ0) is 20.3. The predicted molar refractivity (Wildman–Crippen MR) is 110 cm³/mol. The Hall–Kier alpha value is -2.50. The van der Waals surface area contributed by atoms with Crippen molar-refractivity contribution in [2.75, 3.05) is 13.1 Å². The molecule has 0 bridgehead atoms. The van der Waals surface area contributed by atoms with E-state index < -0.39 is 0 Å². The molecule has 1 aromatic carbocycles. The van der Waals surface area contributed by atoms with E-state index in [2.05, 4.69) is 24.5 Å². The lowest BCUT2D eigenvalue weighted by molar-refractivity contribution is -0.133. The number of piperidine rings is 1. The van der Waals surface area contributed by atoms with Crippen LogP contribution in [0.3, 0.4) is 0 Å². The van der Waals surface area contributed by atoms with Gasteiger partial charge in [-0.25, -0.2) is 4.79 Å². The fourth-order valence-electron chi connectivity index (χ4n) is 3.85. The quantitative estimate of drug-likeness (QED) is 0.812. The summed E-state index contributed by atoms with van der Waals surface area (Å²) < 4.78 is 5.94. The molecule has 1 aromatic heterocycles. The zero-order valence-corrected chi connectivity index (χ0v) is 17.2. The van der Waals surface area contributed by atoms with Gasteiger partial charge in [0.15, 0.2) is 0 Å². The van der Waals surface area contributed by atoms with E-state index in [0.717, 1.165) is 35.1 Å². The summed E-state index contributed by atoms with van der Waals surface area (Å²) in [6, 6.07) is 7.56. The molecule has 3 rings (SSSR count). The summed E-state index contributed by atoms with van der Waals surface area (Å²) in [5.74, 6) is 1.37. The van der Waals surface area contributed by atoms with Gasteiger partial charge >= 0.3 is 6.03 Å². The van der Waals surface area contributed by atoms with Crippen LogP contribution in [0.4, 0.5) is 4.79 Å². The second kappa shape index (κ2) is 8.67. The third kappa shape index (κ3) is 4.66. The van der Waals surface area contributed by atoms with E-state index in [1.165, 1.54) is 0 Å². The lowest BCUT2D eigenvalue weighted by atomic mass is 10.0. The van der Waals surface area contributed by atoms with Gasteiger partial charge in [-0.3, -0.25) is 4.79 Å². The number of benzene rings is 1. The SMILES string of the molecule is Cc1c([C@H](C)NC(=O)NC2CCN(C(=O)CC(C)C)CC2)oc2ccccc12. The Labute approximate surface area is 166 Å². The number of hydrogen-bond donors (Lipinski definition) is 2. The molecule has 6 heteroatoms. The smallest absolute Gasteiger partial charge is 0.315 e. The number of nitrogens with zero attached hydrogens (tertiary/aromatic N) is 1. The number of aryl methyl sites for hydroxylation is 1. The molecule has 1 saturated heterocycles. The van der Waals surface area contributed by atoms with Crippen molar-refractivity contribution in [2.24, 2.45) is 5.92 Å². The van der Waals surface area contributed by atoms with Crippen LogP contribution in [0.2, 0.25) is 0 Å². The van der Waals surface area contributed by atoms with Crippen molar-refractivity contribution in [3.05, 3.63) is 35.6 Å². The zero-order valence-electron chi connectivity index (χ0n) is 17.2. The summed E-state index contributed by atoms with van der Waals surface area (Å²) in [6.45, 7) is 9.46. The number of rotatable bonds is 5. The minimum absolute atomic E-state index is 0.0899. The Balaban J connectivity index is 1.50. The van der Waals surface area contributed by atoms with E-state index >= 15 is 0 Å². The van der Waals surface area contributed by atoms with Crippen LogP contribution >= 0.6 is 0 Å². The van der Waals surface area contributed by atoms with Crippen molar-refractivity contribution in [1.29, 1.82) is 0 Å². The van der Waals surface area contributed by atoms with Crippen LogP contribution in [0.5, 0.6) is 0 Å². The first-order valence-electron chi connectivity index (χ1n) is 10.2. The van der Waals surface area contributed by atoms with Crippen LogP contribution in [-0.4, -0.2) is 36.0 Å². The Morgan fingerprint density at radius 2 is 1.86 bits per heavy atom. The number of amides is 3. The van der Waals surface area contributed by atoms with Gasteiger partial charge in [-0.15, -0.1) is 0 Å². The van der Waals surface area contributed by atoms with E-state index in [4.69, 9.17) is 4.42 Å². The maximum Gasteiger partial charge on any atom is 0.315 e. The number of carbonyl (C=O) groups is 2. The van der Waals surface area contributed by atoms with E-state index in [1.54, 1.807) is 0 Å². The normalized spacial score (nSPS) is 16.4. The fourth-order valence-corrected chi connectivity index (χ4v) is 3.85. The molecule has 2 heterocycles. The second-order valence-electron chi connectivity index (χ2n) is 8.18. The first kappa shape index (κ1) is 20.2. The fraction of sp³-hybridized carbons (Fsp3) is 0.545. The number of urea groups is 1. The van der Waals surface area contributed by atoms with Gasteiger partial charge in [0.1, 0.15) is 11.3 Å². The maximum atomic E-state index is 12.4. The van der Waals surface area contributed by atoms with Gasteiger partial charge in [-0.05, 0) is 38.7 Å². The van der Waals surface area contributed by atoms with Gasteiger partial charge in [0.25, 0.3) is 0 Å². The average Bonchev–Trinajstić information content (AvgIpc) is 2.99. The molecule has 3 amide bonds. The Bertz CT molecular complexity index is 835. The molecule has 1 aliphatic rings. The highest BCUT2D eigenvalue weighted by Crippen LogP contribution is 2.29. The molecule has 1 aliphatic heterocycles. The molecule has 0 aliphatic carbocycles. The molecular formula is C22H31N3O3. The summed E-state index contributed by atoms with van der Waals surface area (Å²) >= 11 is 0. The molecule has 0 spiro atoms. The van der Waals surface area contributed by atoms with Gasteiger partial charge in [0.05, 0.1) is 6.04 Å². The van der Waals surface area contributed by atoms with Gasteiger partial charge in [0, 0.05) is 36.5 Å². The monoisotopic (exact) mass is 385 g/mol. The molecule has 0 saturated carbocycles. The summed E-state index contributed by atoms with van der Waals surface area (Å²) in [5.41, 5.74) is 1.89. The number of carbonyl (C=O) groups excluding carboxylic acids is 2. The predicted octanol–water partition coefficient (Wildman–Crippen LogP) is 4.14. The van der Waals surface area contributed by atoms with E-state index in [1.807, 2.05) is 43.0 Å². The number of likely N-dealkylation sites (tertiary alicyclic amines) is 1. The van der Waals surface area contributed by atoms with Crippen molar-refractivity contribution in [3.63, 3.8) is 0 Å². The molecule has 6 nitrogen and oxygen atoms in total. The number of furan rings is 1. The van der Waals surface area contributed by atoms with E-state index in [0.29, 0.717) is 25.4 Å². The largest absolute Gasteiger partial charge is 0.459 e. The van der Waals surface area contributed by atoms with Gasteiger partial charge < -0.3 is 20.0 Å². The van der Waals surface area contributed by atoms with Crippen LogP contribution in [-0.2, 0) is 4.79 Å². The van der Waals surface area contributed by atoms with Crippen molar-refractivity contribution in [1.82, 2.24) is 15.5 Å². The number of para-hydroxylation sites is 1. The van der Waals surface area contributed by atoms with Crippen molar-refractivity contribution < 1.29 is 14.0 Å². The highest BCUT2D eigenvalue weighted by Gasteiger charge is 2.25. The molecule has 2 N–H and O–H groups in total. The number of nitrogens with one attached hydrogen (secondary N) is 2. The van der Waals surface area contributed by atoms with Gasteiger partial charge in [0.2, 0.25) is 5.91 Å². The van der Waals surface area contributed by atoms with Crippen molar-refractivity contribution >= 4 is 22.9 Å². The molecule has 1 atom stereocenters. The average molecular weight is 386 g/mol. The van der Waals surface area contributed by atoms with Crippen LogP contribution in [0.1, 0.15) is 57.4 Å². The van der Waals surface area contributed by atoms with Crippen LogP contribution in [0.15, 0.2) is 28.7 Å². The molecule has 2 aromatic rings. The topological polar surface area (TPSA) is 74.6 Å². The lowest BCUT2D eigenvalue weighted by Crippen LogP contribution is -2.49. The van der Waals surface area contributed by atoms with Gasteiger partial charge in [-0.2, -0.15) is 0 Å². The summed E-state index contributed by atoms with van der Waals surface area (Å²) in [5, 5.41) is 7.10. The van der Waals surface area contributed by atoms with E-state index in [9.17, 15) is 9.59 Å². The number of hydrogen-bond acceptors (Lipinski definition) is 3. The van der Waals surface area contributed by atoms with Crippen LogP contribution in [0.25, 0.3) is 11.0 Å². The molecule has 0 radical (unpaired) electrons. The third-order valence-electron chi connectivity index (χ3n) is 5.39. The molecule has 1 fully saturated rings. The van der Waals surface area contributed by atoms with Gasteiger partial charge in [-0.1, -0.05) is 32.0 Å². The van der Waals surface area contributed by atoms with Crippen molar-refractivity contribution in [2.45, 2.75) is 59.0 Å². The summed E-state index contributed by atoms with van der Waals surface area (Å²) in [7, 11) is 0. The van der Waals surface area contributed by atoms with Crippen molar-refractivity contribution in [3.8, 4) is 0 Å². The minimum Gasteiger partial charge on any atom is -0.459 e. The van der Waals surface area contributed by atoms with Crippen LogP contribution < -0.4 is 10.6 Å². The third-order valence-corrected chi connectivity index (χ3v) is 5.39. The van der Waals surface area contributed by atoms with E-state index in [-0.39, 0.29) is 24.0 Å². The first-order valence-corrected chi connectivity index (χ1v) is 10.2. The highest BCUT2D eigenvalue weighted by atomic mass is 16.3. The standard InChI is InChI=1S/C22H31N3O3/c1-14(2)13-20(26)25-11-9-17(10-12-25)24-22(27)23-16(4)21-15(3)18-7-5-6-8-19(18)28-21/h5-8,14,16-17H,9-13H2,1-4H3,(H2,23,24,27)/t16-/m0/s1. The first-order chi connectivity index (χ1) is 13.3. The maximum absolute atomic E-state index is 12.4. The second-order valence-corrected chi connectivity index (χ2v) is 8.18. The molecular weight excluding hydrogens is 354 g/mol. The molecule has 152 valence electrons. The minimum atomic E-state index is -0.222. The molecule has 28 heavy (non-hydrogen) atoms. The highest BCUT2D eigenvalue weighted by molar-refractivity contribution is 5.82. The lowest BCUT2D eigenvalue weighted by Gasteiger charge is -2.33. The molecule has 0 unspecified atom stereocenters. The van der Waals surface area contributed by atoms with Crippen LogP contribution in [0, 0.1) is 12.8 Å². The summed E-state index contributed by atoms with van der Waals surface area (Å²) in [6.07, 6.45) is 2.16. The Morgan fingerprint density at radius 1 is 1.18 bits per heavy atom.